The van der Waals surface area contributed by atoms with Gasteiger partial charge in [-0.25, -0.2) is 14.5 Å². The summed E-state index contributed by atoms with van der Waals surface area (Å²) in [5.41, 5.74) is 2.71. The van der Waals surface area contributed by atoms with E-state index in [1.807, 2.05) is 37.3 Å². The normalized spacial score (nSPS) is 10.4. The first-order valence-electron chi connectivity index (χ1n) is 8.15. The quantitative estimate of drug-likeness (QED) is 0.521. The number of carbonyl (C=O) groups excluding carboxylic acids is 2. The molecular weight excluding hydrogens is 364 g/mol. The molecular formula is C19H18N4O3S. The lowest BCUT2D eigenvalue weighted by molar-refractivity contribution is -0.113. The van der Waals surface area contributed by atoms with Crippen LogP contribution in [0.2, 0.25) is 0 Å². The molecule has 0 fully saturated rings. The lowest BCUT2D eigenvalue weighted by Gasteiger charge is -2.09. The standard InChI is InChI=1S/C19H18N4O3S/c1-13-8-9-14(18(25)26-2)10-16(13)21-17(24)11-27-19-20-12-23(22-19)15-6-4-3-5-7-15/h3-10,12H,11H2,1-2H3,(H,21,24). The first kappa shape index (κ1) is 18.7. The lowest BCUT2D eigenvalue weighted by Crippen LogP contribution is -2.15. The molecule has 1 aromatic heterocycles. The summed E-state index contributed by atoms with van der Waals surface area (Å²) in [7, 11) is 1.32. The van der Waals surface area contributed by atoms with E-state index in [-0.39, 0.29) is 11.7 Å². The molecule has 0 saturated heterocycles. The molecule has 1 N–H and O–H groups in total. The van der Waals surface area contributed by atoms with E-state index in [0.717, 1.165) is 11.3 Å². The summed E-state index contributed by atoms with van der Waals surface area (Å²) in [5, 5.41) is 7.67. The molecule has 0 aliphatic heterocycles. The van der Waals surface area contributed by atoms with Gasteiger partial charge in [0.1, 0.15) is 6.33 Å². The summed E-state index contributed by atoms with van der Waals surface area (Å²) in [5.74, 6) is -0.502. The zero-order valence-electron chi connectivity index (χ0n) is 14.9. The van der Waals surface area contributed by atoms with Crippen LogP contribution in [0.1, 0.15) is 15.9 Å². The molecule has 1 heterocycles. The molecule has 3 rings (SSSR count). The van der Waals surface area contributed by atoms with E-state index in [4.69, 9.17) is 4.74 Å². The summed E-state index contributed by atoms with van der Waals surface area (Å²) in [4.78, 5) is 28.1. The molecule has 0 aliphatic carbocycles. The van der Waals surface area contributed by atoms with Gasteiger partial charge >= 0.3 is 5.97 Å². The Hall–Kier alpha value is -3.13. The number of methoxy groups -OCH3 is 1. The van der Waals surface area contributed by atoms with Gasteiger partial charge in [0.15, 0.2) is 0 Å². The minimum Gasteiger partial charge on any atom is -0.465 e. The fourth-order valence-electron chi connectivity index (χ4n) is 2.34. The zero-order valence-corrected chi connectivity index (χ0v) is 15.7. The van der Waals surface area contributed by atoms with Gasteiger partial charge in [0.2, 0.25) is 11.1 Å². The number of thioether (sulfide) groups is 1. The highest BCUT2D eigenvalue weighted by Gasteiger charge is 2.12. The first-order chi connectivity index (χ1) is 13.1. The monoisotopic (exact) mass is 382 g/mol. The maximum Gasteiger partial charge on any atom is 0.337 e. The Bertz CT molecular complexity index is 957. The van der Waals surface area contributed by atoms with Crippen LogP contribution in [0.4, 0.5) is 5.69 Å². The average molecular weight is 382 g/mol. The summed E-state index contributed by atoms with van der Waals surface area (Å²) in [6.07, 6.45) is 1.61. The van der Waals surface area contributed by atoms with Crippen molar-refractivity contribution in [2.75, 3.05) is 18.2 Å². The third kappa shape index (κ3) is 4.73. The van der Waals surface area contributed by atoms with E-state index < -0.39 is 5.97 Å². The third-order valence-electron chi connectivity index (χ3n) is 3.76. The fraction of sp³-hybridized carbons (Fsp3) is 0.158. The van der Waals surface area contributed by atoms with E-state index in [9.17, 15) is 9.59 Å². The van der Waals surface area contributed by atoms with Crippen molar-refractivity contribution in [3.8, 4) is 5.69 Å². The largest absolute Gasteiger partial charge is 0.465 e. The number of anilines is 1. The van der Waals surface area contributed by atoms with Gasteiger partial charge in [0, 0.05) is 5.69 Å². The Labute approximate surface area is 160 Å². The molecule has 0 bridgehead atoms. The number of amides is 1. The summed E-state index contributed by atoms with van der Waals surface area (Å²) >= 11 is 1.24. The van der Waals surface area contributed by atoms with Crippen molar-refractivity contribution < 1.29 is 14.3 Å². The molecule has 27 heavy (non-hydrogen) atoms. The molecule has 0 atom stereocenters. The van der Waals surface area contributed by atoms with Crippen LogP contribution in [0, 0.1) is 6.92 Å². The second-order valence-electron chi connectivity index (χ2n) is 5.67. The Kier molecular flexibility index (Phi) is 5.87. The molecule has 2 aromatic carbocycles. The van der Waals surface area contributed by atoms with Crippen LogP contribution in [0.3, 0.4) is 0 Å². The van der Waals surface area contributed by atoms with Crippen LogP contribution < -0.4 is 5.32 Å². The molecule has 0 saturated carbocycles. The van der Waals surface area contributed by atoms with Crippen molar-refractivity contribution in [1.82, 2.24) is 14.8 Å². The minimum absolute atomic E-state index is 0.153. The summed E-state index contributed by atoms with van der Waals surface area (Å²) in [6, 6.07) is 14.6. The fourth-order valence-corrected chi connectivity index (χ4v) is 2.94. The Morgan fingerprint density at radius 3 is 2.70 bits per heavy atom. The smallest absolute Gasteiger partial charge is 0.337 e. The minimum atomic E-state index is -0.449. The van der Waals surface area contributed by atoms with Crippen LogP contribution in [-0.2, 0) is 9.53 Å². The Balaban J connectivity index is 1.61. The average Bonchev–Trinajstić information content (AvgIpc) is 3.17. The van der Waals surface area contributed by atoms with Gasteiger partial charge < -0.3 is 10.1 Å². The number of carbonyl (C=O) groups is 2. The Morgan fingerprint density at radius 1 is 1.19 bits per heavy atom. The molecule has 1 amide bonds. The van der Waals surface area contributed by atoms with Crippen LogP contribution in [0.25, 0.3) is 5.69 Å². The van der Waals surface area contributed by atoms with Gasteiger partial charge in [-0.15, -0.1) is 5.10 Å². The van der Waals surface area contributed by atoms with E-state index >= 15 is 0 Å². The van der Waals surface area contributed by atoms with Crippen molar-refractivity contribution in [3.05, 3.63) is 66.0 Å². The number of esters is 1. The van der Waals surface area contributed by atoms with E-state index in [1.54, 1.807) is 29.2 Å². The molecule has 0 unspecified atom stereocenters. The highest BCUT2D eigenvalue weighted by Crippen LogP contribution is 2.19. The van der Waals surface area contributed by atoms with E-state index in [0.29, 0.717) is 16.4 Å². The molecule has 138 valence electrons. The van der Waals surface area contributed by atoms with Gasteiger partial charge in [-0.2, -0.15) is 0 Å². The van der Waals surface area contributed by atoms with Crippen LogP contribution in [-0.4, -0.2) is 39.5 Å². The third-order valence-corrected chi connectivity index (χ3v) is 4.61. The number of rotatable bonds is 6. The SMILES string of the molecule is COC(=O)c1ccc(C)c(NC(=O)CSc2ncn(-c3ccccc3)n2)c1. The molecule has 0 spiro atoms. The molecule has 0 aliphatic rings. The molecule has 8 heteroatoms. The summed E-state index contributed by atoms with van der Waals surface area (Å²) in [6.45, 7) is 1.85. The number of aryl methyl sites for hydroxylation is 1. The molecule has 7 nitrogen and oxygen atoms in total. The van der Waals surface area contributed by atoms with E-state index in [1.165, 1.54) is 18.9 Å². The maximum atomic E-state index is 12.3. The number of aromatic nitrogens is 3. The number of hydrogen-bond donors (Lipinski definition) is 1. The Morgan fingerprint density at radius 2 is 1.96 bits per heavy atom. The second-order valence-corrected chi connectivity index (χ2v) is 6.61. The number of hydrogen-bond acceptors (Lipinski definition) is 6. The number of para-hydroxylation sites is 1. The second kappa shape index (κ2) is 8.50. The van der Waals surface area contributed by atoms with Gasteiger partial charge in [-0.05, 0) is 36.8 Å². The van der Waals surface area contributed by atoms with Gasteiger partial charge in [0.25, 0.3) is 0 Å². The lowest BCUT2D eigenvalue weighted by atomic mass is 10.1. The maximum absolute atomic E-state index is 12.3. The predicted octanol–water partition coefficient (Wildman–Crippen LogP) is 3.09. The van der Waals surface area contributed by atoms with Crippen LogP contribution in [0.15, 0.2) is 60.0 Å². The zero-order chi connectivity index (χ0) is 19.2. The van der Waals surface area contributed by atoms with Crippen molar-refractivity contribution in [3.63, 3.8) is 0 Å². The number of ether oxygens (including phenoxy) is 1. The van der Waals surface area contributed by atoms with Crippen LogP contribution >= 0.6 is 11.8 Å². The molecule has 0 radical (unpaired) electrons. The van der Waals surface area contributed by atoms with Gasteiger partial charge in [-0.1, -0.05) is 36.0 Å². The van der Waals surface area contributed by atoms with Crippen molar-refractivity contribution >= 4 is 29.3 Å². The first-order valence-corrected chi connectivity index (χ1v) is 9.14. The van der Waals surface area contributed by atoms with E-state index in [2.05, 4.69) is 15.4 Å². The van der Waals surface area contributed by atoms with Gasteiger partial charge in [0.05, 0.1) is 24.1 Å². The number of benzene rings is 2. The van der Waals surface area contributed by atoms with Crippen molar-refractivity contribution in [1.29, 1.82) is 0 Å². The summed E-state index contributed by atoms with van der Waals surface area (Å²) < 4.78 is 6.36. The number of nitrogens with one attached hydrogen (secondary N) is 1. The van der Waals surface area contributed by atoms with Crippen molar-refractivity contribution in [2.24, 2.45) is 0 Å². The molecule has 3 aromatic rings. The number of nitrogens with zero attached hydrogens (tertiary/aromatic N) is 3. The van der Waals surface area contributed by atoms with Gasteiger partial charge in [-0.3, -0.25) is 4.79 Å². The predicted molar refractivity (Wildman–Crippen MR) is 103 cm³/mol. The highest BCUT2D eigenvalue weighted by molar-refractivity contribution is 7.99. The van der Waals surface area contributed by atoms with Crippen molar-refractivity contribution in [2.45, 2.75) is 12.1 Å². The topological polar surface area (TPSA) is 86.1 Å². The van der Waals surface area contributed by atoms with Crippen LogP contribution in [0.5, 0.6) is 0 Å². The highest BCUT2D eigenvalue weighted by atomic mass is 32.2.